The monoisotopic (exact) mass is 464 g/mol. The summed E-state index contributed by atoms with van der Waals surface area (Å²) in [5.74, 6) is 1.20. The first kappa shape index (κ1) is 21.2. The van der Waals surface area contributed by atoms with Gasteiger partial charge < -0.3 is 9.88 Å². The molecule has 7 heteroatoms. The molecule has 0 saturated carbocycles. The van der Waals surface area contributed by atoms with Crippen LogP contribution in [0, 0.1) is 6.92 Å². The number of likely N-dealkylation sites (tertiary alicyclic amines) is 1. The number of H-pyrrole nitrogens is 1. The van der Waals surface area contributed by atoms with Crippen LogP contribution in [-0.2, 0) is 0 Å². The van der Waals surface area contributed by atoms with E-state index < -0.39 is 0 Å². The Balaban J connectivity index is 1.52. The predicted molar refractivity (Wildman–Crippen MR) is 130 cm³/mol. The van der Waals surface area contributed by atoms with Crippen LogP contribution in [0.4, 0.5) is 0 Å². The molecular weight excluding hydrogens is 440 g/mol. The van der Waals surface area contributed by atoms with Crippen LogP contribution in [-0.4, -0.2) is 32.3 Å². The largest absolute Gasteiger partial charge is 0.340 e. The molecular formula is C25H25ClN4OS. The van der Waals surface area contributed by atoms with Gasteiger partial charge in [0.1, 0.15) is 11.5 Å². The quantitative estimate of drug-likeness (QED) is 0.363. The van der Waals surface area contributed by atoms with Crippen LogP contribution in [0.1, 0.15) is 65.5 Å². The van der Waals surface area contributed by atoms with E-state index in [0.717, 1.165) is 45.1 Å². The number of halogens is 1. The van der Waals surface area contributed by atoms with Gasteiger partial charge in [0, 0.05) is 11.6 Å². The lowest BCUT2D eigenvalue weighted by Gasteiger charge is -2.23. The molecule has 1 aliphatic rings. The van der Waals surface area contributed by atoms with E-state index in [0.29, 0.717) is 23.2 Å². The molecule has 0 bridgehead atoms. The number of imidazole rings is 1. The Bertz CT molecular complexity index is 1310. The average Bonchev–Trinajstić information content (AvgIpc) is 3.50. The second-order valence-electron chi connectivity index (χ2n) is 8.60. The third kappa shape index (κ3) is 3.71. The number of hydrogen-bond acceptors (Lipinski definition) is 4. The van der Waals surface area contributed by atoms with E-state index in [1.807, 2.05) is 36.1 Å². The standard InChI is InChI=1S/C25H25ClN4OS/c1-14(2)18-9-5-10-19-21(18)29-24(28-19)20-11-6-12-30(20)25(31)22-23(32-15(3)27-22)16-7-4-8-17(26)13-16/h4-5,7-10,13-14,20H,6,11-12H2,1-3H3,(H,28,29). The zero-order chi connectivity index (χ0) is 22.4. The van der Waals surface area contributed by atoms with Crippen LogP contribution < -0.4 is 0 Å². The summed E-state index contributed by atoms with van der Waals surface area (Å²) in [7, 11) is 0. The van der Waals surface area contributed by atoms with Crippen molar-refractivity contribution >= 4 is 39.9 Å². The Morgan fingerprint density at radius 2 is 2.03 bits per heavy atom. The maximum absolute atomic E-state index is 13.7. The summed E-state index contributed by atoms with van der Waals surface area (Å²) in [6, 6.07) is 13.8. The van der Waals surface area contributed by atoms with Crippen molar-refractivity contribution < 1.29 is 4.79 Å². The molecule has 5 rings (SSSR count). The van der Waals surface area contributed by atoms with E-state index in [1.165, 1.54) is 16.9 Å². The zero-order valence-corrected chi connectivity index (χ0v) is 19.9. The Hall–Kier alpha value is -2.70. The minimum Gasteiger partial charge on any atom is -0.340 e. The van der Waals surface area contributed by atoms with Gasteiger partial charge in [-0.2, -0.15) is 0 Å². The summed E-state index contributed by atoms with van der Waals surface area (Å²) < 4.78 is 0. The van der Waals surface area contributed by atoms with E-state index in [-0.39, 0.29) is 11.9 Å². The van der Waals surface area contributed by atoms with Gasteiger partial charge in [-0.25, -0.2) is 9.97 Å². The number of fused-ring (bicyclic) bond motifs is 1. The lowest BCUT2D eigenvalue weighted by molar-refractivity contribution is 0.0726. The van der Waals surface area contributed by atoms with Crippen LogP contribution in [0.25, 0.3) is 21.5 Å². The highest BCUT2D eigenvalue weighted by atomic mass is 35.5. The number of aromatic nitrogens is 3. The molecule has 0 aliphatic carbocycles. The van der Waals surface area contributed by atoms with Crippen molar-refractivity contribution in [3.05, 3.63) is 69.6 Å². The topological polar surface area (TPSA) is 61.9 Å². The van der Waals surface area contributed by atoms with Gasteiger partial charge in [-0.05, 0) is 55.0 Å². The van der Waals surface area contributed by atoms with Crippen molar-refractivity contribution in [2.45, 2.75) is 45.6 Å². The Labute approximate surface area is 196 Å². The van der Waals surface area contributed by atoms with E-state index >= 15 is 0 Å². The van der Waals surface area contributed by atoms with Gasteiger partial charge in [0.2, 0.25) is 0 Å². The number of carbonyl (C=O) groups excluding carboxylic acids is 1. The van der Waals surface area contributed by atoms with Crippen molar-refractivity contribution in [2.24, 2.45) is 0 Å². The lowest BCUT2D eigenvalue weighted by Crippen LogP contribution is -2.31. The first-order chi connectivity index (χ1) is 15.4. The second kappa shape index (κ2) is 8.34. The first-order valence-corrected chi connectivity index (χ1v) is 12.1. The fourth-order valence-electron chi connectivity index (χ4n) is 4.52. The molecule has 3 heterocycles. The fraction of sp³-hybridized carbons (Fsp3) is 0.320. The van der Waals surface area contributed by atoms with E-state index in [4.69, 9.17) is 16.6 Å². The van der Waals surface area contributed by atoms with Gasteiger partial charge in [0.05, 0.1) is 27.0 Å². The molecule has 1 saturated heterocycles. The van der Waals surface area contributed by atoms with Crippen molar-refractivity contribution in [3.63, 3.8) is 0 Å². The highest BCUT2D eigenvalue weighted by Gasteiger charge is 2.35. The van der Waals surface area contributed by atoms with Gasteiger partial charge in [-0.1, -0.05) is 49.7 Å². The summed E-state index contributed by atoms with van der Waals surface area (Å²) in [5, 5.41) is 1.51. The number of rotatable bonds is 4. The van der Waals surface area contributed by atoms with Crippen molar-refractivity contribution in [3.8, 4) is 10.4 Å². The number of aryl methyl sites for hydroxylation is 1. The summed E-state index contributed by atoms with van der Waals surface area (Å²) >= 11 is 7.74. The maximum Gasteiger partial charge on any atom is 0.274 e. The third-order valence-electron chi connectivity index (χ3n) is 6.04. The number of nitrogens with zero attached hydrogens (tertiary/aromatic N) is 3. The number of nitrogens with one attached hydrogen (secondary N) is 1. The molecule has 4 aromatic rings. The number of thiazole rings is 1. The normalized spacial score (nSPS) is 16.4. The number of amides is 1. The van der Waals surface area contributed by atoms with Gasteiger partial charge in [-0.3, -0.25) is 4.79 Å². The number of carbonyl (C=O) groups is 1. The first-order valence-electron chi connectivity index (χ1n) is 10.9. The van der Waals surface area contributed by atoms with Crippen molar-refractivity contribution in [1.82, 2.24) is 19.9 Å². The number of para-hydroxylation sites is 1. The van der Waals surface area contributed by atoms with Crippen LogP contribution in [0.3, 0.4) is 0 Å². The fourth-order valence-corrected chi connectivity index (χ4v) is 5.62. The SMILES string of the molecule is Cc1nc(C(=O)N2CCCC2c2nc3c(C(C)C)cccc3[nH]2)c(-c2cccc(Cl)c2)s1. The molecule has 0 radical (unpaired) electrons. The van der Waals surface area contributed by atoms with Crippen LogP contribution in [0.2, 0.25) is 5.02 Å². The highest BCUT2D eigenvalue weighted by Crippen LogP contribution is 2.37. The summed E-state index contributed by atoms with van der Waals surface area (Å²) in [4.78, 5) is 29.6. The molecule has 32 heavy (non-hydrogen) atoms. The maximum atomic E-state index is 13.7. The minimum atomic E-state index is -0.0795. The Kier molecular flexibility index (Phi) is 5.51. The number of benzene rings is 2. The molecule has 2 aromatic heterocycles. The van der Waals surface area contributed by atoms with Crippen molar-refractivity contribution in [1.29, 1.82) is 0 Å². The van der Waals surface area contributed by atoms with Gasteiger partial charge in [-0.15, -0.1) is 11.3 Å². The van der Waals surface area contributed by atoms with Gasteiger partial charge in [0.15, 0.2) is 0 Å². The zero-order valence-electron chi connectivity index (χ0n) is 18.4. The second-order valence-corrected chi connectivity index (χ2v) is 10.2. The van der Waals surface area contributed by atoms with E-state index in [1.54, 1.807) is 0 Å². The Morgan fingerprint density at radius 3 is 2.81 bits per heavy atom. The van der Waals surface area contributed by atoms with Crippen LogP contribution >= 0.6 is 22.9 Å². The lowest BCUT2D eigenvalue weighted by atomic mass is 10.0. The molecule has 1 unspecified atom stereocenters. The Morgan fingerprint density at radius 1 is 1.22 bits per heavy atom. The summed E-state index contributed by atoms with van der Waals surface area (Å²) in [5.41, 5.74) is 4.67. The number of aromatic amines is 1. The van der Waals surface area contributed by atoms with Crippen LogP contribution in [0.5, 0.6) is 0 Å². The molecule has 2 aromatic carbocycles. The molecule has 1 atom stereocenters. The van der Waals surface area contributed by atoms with E-state index in [2.05, 4.69) is 42.0 Å². The van der Waals surface area contributed by atoms with Crippen LogP contribution in [0.15, 0.2) is 42.5 Å². The molecule has 164 valence electrons. The van der Waals surface area contributed by atoms with Crippen molar-refractivity contribution in [2.75, 3.05) is 6.54 Å². The van der Waals surface area contributed by atoms with Gasteiger partial charge in [0.25, 0.3) is 5.91 Å². The smallest absolute Gasteiger partial charge is 0.274 e. The molecule has 0 spiro atoms. The summed E-state index contributed by atoms with van der Waals surface area (Å²) in [6.45, 7) is 6.99. The molecule has 5 nitrogen and oxygen atoms in total. The average molecular weight is 465 g/mol. The predicted octanol–water partition coefficient (Wildman–Crippen LogP) is 6.75. The minimum absolute atomic E-state index is 0.0450. The summed E-state index contributed by atoms with van der Waals surface area (Å²) in [6.07, 6.45) is 1.83. The molecule has 1 N–H and O–H groups in total. The van der Waals surface area contributed by atoms with E-state index in [9.17, 15) is 4.79 Å². The molecule has 1 aliphatic heterocycles. The third-order valence-corrected chi connectivity index (χ3v) is 7.29. The molecule has 1 fully saturated rings. The highest BCUT2D eigenvalue weighted by molar-refractivity contribution is 7.15. The van der Waals surface area contributed by atoms with Gasteiger partial charge >= 0.3 is 0 Å². The number of hydrogen-bond donors (Lipinski definition) is 1. The molecule has 1 amide bonds.